The quantitative estimate of drug-likeness (QED) is 0.447. The van der Waals surface area contributed by atoms with Gasteiger partial charge in [0.15, 0.2) is 0 Å². The van der Waals surface area contributed by atoms with Gasteiger partial charge in [-0.15, -0.1) is 0 Å². The van der Waals surface area contributed by atoms with Gasteiger partial charge in [0.1, 0.15) is 11.5 Å². The Morgan fingerprint density at radius 1 is 1.03 bits per heavy atom. The number of ether oxygens (including phenoxy) is 1. The number of nitrogens with one attached hydrogen (secondary N) is 1. The van der Waals surface area contributed by atoms with E-state index in [9.17, 15) is 14.4 Å². The Balaban J connectivity index is 1.52. The van der Waals surface area contributed by atoms with E-state index >= 15 is 0 Å². The number of rotatable bonds is 10. The van der Waals surface area contributed by atoms with Gasteiger partial charge < -0.3 is 14.5 Å². The molecule has 1 N–H and O–H groups in total. The first-order valence-corrected chi connectivity index (χ1v) is 11.7. The molecule has 3 amide bonds. The number of nitrogens with zero attached hydrogens (tertiary/aromatic N) is 2. The predicted octanol–water partition coefficient (Wildman–Crippen LogP) is 3.90. The zero-order chi connectivity index (χ0) is 24.9. The van der Waals surface area contributed by atoms with Crippen LogP contribution < -0.4 is 10.1 Å². The second kappa shape index (κ2) is 10.6. The number of methoxy groups -OCH3 is 1. The number of fused-ring (bicyclic) bond motifs is 1. The molecule has 1 aromatic heterocycles. The lowest BCUT2D eigenvalue weighted by Crippen LogP contribution is -2.38. The van der Waals surface area contributed by atoms with Crippen LogP contribution in [0.3, 0.4) is 0 Å². The molecule has 1 unspecified atom stereocenters. The summed E-state index contributed by atoms with van der Waals surface area (Å²) in [5.74, 6) is 0.196. The van der Waals surface area contributed by atoms with Gasteiger partial charge in [0.25, 0.3) is 17.7 Å². The molecule has 0 fully saturated rings. The van der Waals surface area contributed by atoms with E-state index in [4.69, 9.17) is 9.15 Å². The monoisotopic (exact) mass is 475 g/mol. The number of furan rings is 1. The maximum absolute atomic E-state index is 13.2. The number of benzene rings is 2. The maximum Gasteiger partial charge on any atom is 0.261 e. The second-order valence-corrected chi connectivity index (χ2v) is 8.24. The van der Waals surface area contributed by atoms with Crippen molar-refractivity contribution in [2.75, 3.05) is 26.7 Å². The Morgan fingerprint density at radius 3 is 2.29 bits per heavy atom. The molecule has 1 aliphatic rings. The van der Waals surface area contributed by atoms with Crippen molar-refractivity contribution in [1.29, 1.82) is 0 Å². The highest BCUT2D eigenvalue weighted by molar-refractivity contribution is 6.21. The molecule has 182 valence electrons. The van der Waals surface area contributed by atoms with E-state index in [0.717, 1.165) is 18.8 Å². The third-order valence-corrected chi connectivity index (χ3v) is 6.31. The fourth-order valence-electron chi connectivity index (χ4n) is 4.44. The fourth-order valence-corrected chi connectivity index (χ4v) is 4.44. The van der Waals surface area contributed by atoms with E-state index in [0.29, 0.717) is 34.5 Å². The van der Waals surface area contributed by atoms with Gasteiger partial charge in [-0.05, 0) is 55.1 Å². The lowest BCUT2D eigenvalue weighted by molar-refractivity contribution is 0.0642. The van der Waals surface area contributed by atoms with E-state index in [-0.39, 0.29) is 30.3 Å². The van der Waals surface area contributed by atoms with Crippen molar-refractivity contribution in [2.24, 2.45) is 0 Å². The molecule has 2 aromatic carbocycles. The number of likely N-dealkylation sites (N-methyl/N-ethyl adjacent to an activating group) is 1. The van der Waals surface area contributed by atoms with Crippen molar-refractivity contribution in [3.63, 3.8) is 0 Å². The Bertz CT molecular complexity index is 1180. The molecule has 0 radical (unpaired) electrons. The van der Waals surface area contributed by atoms with Crippen LogP contribution in [0, 0.1) is 0 Å². The third-order valence-electron chi connectivity index (χ3n) is 6.31. The van der Waals surface area contributed by atoms with Gasteiger partial charge >= 0.3 is 0 Å². The minimum Gasteiger partial charge on any atom is -0.496 e. The van der Waals surface area contributed by atoms with Gasteiger partial charge in [0.05, 0.1) is 42.6 Å². The molecular formula is C27H29N3O5. The Hall–Kier alpha value is -3.91. The van der Waals surface area contributed by atoms with Crippen LogP contribution in [-0.2, 0) is 6.54 Å². The summed E-state index contributed by atoms with van der Waals surface area (Å²) in [4.78, 5) is 42.1. The maximum atomic E-state index is 13.2. The molecule has 0 aliphatic carbocycles. The number of carbonyl (C=O) groups excluding carboxylic acids is 3. The zero-order valence-corrected chi connectivity index (χ0v) is 20.1. The van der Waals surface area contributed by atoms with Gasteiger partial charge in [-0.1, -0.05) is 32.0 Å². The van der Waals surface area contributed by atoms with Gasteiger partial charge in [0.2, 0.25) is 0 Å². The molecule has 35 heavy (non-hydrogen) atoms. The van der Waals surface area contributed by atoms with Crippen molar-refractivity contribution < 1.29 is 23.5 Å². The van der Waals surface area contributed by atoms with Gasteiger partial charge in [-0.2, -0.15) is 0 Å². The molecular weight excluding hydrogens is 446 g/mol. The van der Waals surface area contributed by atoms with Crippen LogP contribution in [-0.4, -0.2) is 54.3 Å². The molecule has 1 atom stereocenters. The second-order valence-electron chi connectivity index (χ2n) is 8.24. The van der Waals surface area contributed by atoms with E-state index < -0.39 is 0 Å². The summed E-state index contributed by atoms with van der Waals surface area (Å²) in [5, 5.41) is 3.00. The van der Waals surface area contributed by atoms with Crippen molar-refractivity contribution in [1.82, 2.24) is 15.1 Å². The summed E-state index contributed by atoms with van der Waals surface area (Å²) in [6, 6.07) is 15.5. The molecule has 0 bridgehead atoms. The standard InChI is InChI=1S/C27H29N3O5/c1-4-29(5-2)22(24-11-8-14-35-24)16-28-25(31)21-15-18(12-13-23(21)34-3)17-30-26(32)19-9-6-7-10-20(19)27(30)33/h6-15,22H,4-5,16-17H2,1-3H3,(H,28,31). The molecule has 4 rings (SSSR count). The van der Waals surface area contributed by atoms with Crippen LogP contribution in [0.15, 0.2) is 65.3 Å². The first-order valence-electron chi connectivity index (χ1n) is 11.7. The summed E-state index contributed by atoms with van der Waals surface area (Å²) in [6.45, 7) is 6.14. The average molecular weight is 476 g/mol. The number of carbonyl (C=O) groups is 3. The first kappa shape index (κ1) is 24.2. The topological polar surface area (TPSA) is 92.1 Å². The summed E-state index contributed by atoms with van der Waals surface area (Å²) in [6.07, 6.45) is 1.62. The normalized spacial score (nSPS) is 13.8. The fraction of sp³-hybridized carbons (Fsp3) is 0.296. The minimum atomic E-state index is -0.340. The highest BCUT2D eigenvalue weighted by Crippen LogP contribution is 2.27. The van der Waals surface area contributed by atoms with E-state index in [2.05, 4.69) is 24.1 Å². The van der Waals surface area contributed by atoms with Crippen molar-refractivity contribution in [3.8, 4) is 5.75 Å². The Kier molecular flexibility index (Phi) is 7.31. The van der Waals surface area contributed by atoms with Crippen LogP contribution in [0.25, 0.3) is 0 Å². The van der Waals surface area contributed by atoms with E-state index in [1.54, 1.807) is 48.7 Å². The largest absolute Gasteiger partial charge is 0.496 e. The predicted molar refractivity (Wildman–Crippen MR) is 130 cm³/mol. The summed E-state index contributed by atoms with van der Waals surface area (Å²) >= 11 is 0. The lowest BCUT2D eigenvalue weighted by Gasteiger charge is -2.28. The summed E-state index contributed by atoms with van der Waals surface area (Å²) in [7, 11) is 1.50. The van der Waals surface area contributed by atoms with Crippen molar-refractivity contribution in [2.45, 2.75) is 26.4 Å². The smallest absolute Gasteiger partial charge is 0.261 e. The molecule has 1 aliphatic heterocycles. The van der Waals surface area contributed by atoms with Crippen LogP contribution >= 0.6 is 0 Å². The van der Waals surface area contributed by atoms with E-state index in [1.165, 1.54) is 12.0 Å². The van der Waals surface area contributed by atoms with Crippen molar-refractivity contribution >= 4 is 17.7 Å². The zero-order valence-electron chi connectivity index (χ0n) is 20.1. The molecule has 8 heteroatoms. The van der Waals surface area contributed by atoms with Crippen LogP contribution in [0.1, 0.15) is 62.3 Å². The highest BCUT2D eigenvalue weighted by atomic mass is 16.5. The molecule has 0 saturated heterocycles. The molecule has 0 saturated carbocycles. The summed E-state index contributed by atoms with van der Waals surface area (Å²) in [5.41, 5.74) is 1.77. The van der Waals surface area contributed by atoms with E-state index in [1.807, 2.05) is 12.1 Å². The minimum absolute atomic E-state index is 0.0606. The van der Waals surface area contributed by atoms with Crippen molar-refractivity contribution in [3.05, 3.63) is 88.9 Å². The highest BCUT2D eigenvalue weighted by Gasteiger charge is 2.35. The molecule has 8 nitrogen and oxygen atoms in total. The molecule has 3 aromatic rings. The Labute approximate surface area is 204 Å². The number of amides is 3. The number of hydrogen-bond acceptors (Lipinski definition) is 6. The average Bonchev–Trinajstić information content (AvgIpc) is 3.50. The van der Waals surface area contributed by atoms with Gasteiger partial charge in [-0.25, -0.2) is 0 Å². The van der Waals surface area contributed by atoms with Crippen LogP contribution in [0.5, 0.6) is 5.75 Å². The first-order chi connectivity index (χ1) is 17.0. The SMILES string of the molecule is CCN(CC)C(CNC(=O)c1cc(CN2C(=O)c3ccccc3C2=O)ccc1OC)c1ccco1. The lowest BCUT2D eigenvalue weighted by atomic mass is 10.1. The summed E-state index contributed by atoms with van der Waals surface area (Å²) < 4.78 is 11.0. The van der Waals surface area contributed by atoms with Gasteiger partial charge in [-0.3, -0.25) is 24.2 Å². The molecule has 0 spiro atoms. The molecule has 2 heterocycles. The van der Waals surface area contributed by atoms with Crippen LogP contribution in [0.4, 0.5) is 0 Å². The third kappa shape index (κ3) is 4.83. The van der Waals surface area contributed by atoms with Gasteiger partial charge in [0, 0.05) is 6.54 Å². The number of imide groups is 1. The Morgan fingerprint density at radius 2 is 1.71 bits per heavy atom. The van der Waals surface area contributed by atoms with Crippen LogP contribution in [0.2, 0.25) is 0 Å². The number of hydrogen-bond donors (Lipinski definition) is 1.